The van der Waals surface area contributed by atoms with Crippen molar-refractivity contribution < 1.29 is 9.90 Å². The summed E-state index contributed by atoms with van der Waals surface area (Å²) in [5.41, 5.74) is 0.174. The maximum Gasteiger partial charge on any atom is 0.336 e. The van der Waals surface area contributed by atoms with Crippen LogP contribution in [0.15, 0.2) is 32.6 Å². The number of nitrogens with zero attached hydrogens (tertiary/aromatic N) is 2. The Morgan fingerprint density at radius 1 is 1.52 bits per heavy atom. The van der Waals surface area contributed by atoms with E-state index in [4.69, 9.17) is 10.4 Å². The summed E-state index contributed by atoms with van der Waals surface area (Å²) in [6.07, 6.45) is 1.75. The van der Waals surface area contributed by atoms with Crippen LogP contribution in [0, 0.1) is 11.3 Å². The SMILES string of the molecule is CSc1nc(-c2ccc(C(=O)O)c(Br)c2)c(C#N)c(=O)[nH]1. The second kappa shape index (κ2) is 6.11. The fourth-order valence-electron chi connectivity index (χ4n) is 1.70. The lowest BCUT2D eigenvalue weighted by Crippen LogP contribution is -2.14. The zero-order valence-electron chi connectivity index (χ0n) is 10.7. The van der Waals surface area contributed by atoms with E-state index >= 15 is 0 Å². The lowest BCUT2D eigenvalue weighted by Gasteiger charge is -2.07. The standard InChI is InChI=1S/C13H8BrN3O3S/c1-21-13-16-10(8(5-15)11(18)17-13)6-2-3-7(12(19)20)9(14)4-6/h2-4H,1H3,(H,19,20)(H,16,17,18). The third-order valence-electron chi connectivity index (χ3n) is 2.68. The summed E-state index contributed by atoms with van der Waals surface area (Å²) in [6, 6.07) is 6.26. The predicted octanol–water partition coefficient (Wildman–Crippen LogP) is 2.49. The van der Waals surface area contributed by atoms with Gasteiger partial charge in [-0.3, -0.25) is 4.79 Å². The average Bonchev–Trinajstić information content (AvgIpc) is 2.45. The molecule has 0 aliphatic heterocycles. The van der Waals surface area contributed by atoms with Crippen molar-refractivity contribution in [3.8, 4) is 17.3 Å². The van der Waals surface area contributed by atoms with Gasteiger partial charge in [-0.15, -0.1) is 0 Å². The van der Waals surface area contributed by atoms with E-state index in [9.17, 15) is 9.59 Å². The van der Waals surface area contributed by atoms with Gasteiger partial charge in [-0.2, -0.15) is 5.26 Å². The highest BCUT2D eigenvalue weighted by atomic mass is 79.9. The van der Waals surface area contributed by atoms with Gasteiger partial charge in [0.1, 0.15) is 11.6 Å². The first-order chi connectivity index (χ1) is 9.97. The van der Waals surface area contributed by atoms with Gasteiger partial charge in [-0.25, -0.2) is 9.78 Å². The van der Waals surface area contributed by atoms with E-state index in [-0.39, 0.29) is 16.8 Å². The van der Waals surface area contributed by atoms with Crippen LogP contribution in [-0.2, 0) is 0 Å². The molecule has 1 aromatic heterocycles. The molecule has 0 spiro atoms. The highest BCUT2D eigenvalue weighted by molar-refractivity contribution is 9.10. The molecule has 0 aliphatic carbocycles. The Labute approximate surface area is 132 Å². The van der Waals surface area contributed by atoms with E-state index in [0.29, 0.717) is 15.2 Å². The molecule has 0 bridgehead atoms. The first-order valence-corrected chi connectivity index (χ1v) is 7.61. The van der Waals surface area contributed by atoms with Crippen molar-refractivity contribution >= 4 is 33.7 Å². The number of nitrogens with one attached hydrogen (secondary N) is 1. The Bertz CT molecular complexity index is 826. The minimum atomic E-state index is -1.07. The highest BCUT2D eigenvalue weighted by Crippen LogP contribution is 2.26. The number of hydrogen-bond donors (Lipinski definition) is 2. The summed E-state index contributed by atoms with van der Waals surface area (Å²) < 4.78 is 0.351. The van der Waals surface area contributed by atoms with Crippen LogP contribution in [0.4, 0.5) is 0 Å². The van der Waals surface area contributed by atoms with Crippen molar-refractivity contribution in [1.29, 1.82) is 5.26 Å². The quantitative estimate of drug-likeness (QED) is 0.639. The Kier molecular flexibility index (Phi) is 4.45. The number of rotatable bonds is 3. The molecule has 106 valence electrons. The van der Waals surface area contributed by atoms with Gasteiger partial charge in [0, 0.05) is 10.0 Å². The molecule has 0 atom stereocenters. The molecular formula is C13H8BrN3O3S. The second-order valence-corrected chi connectivity index (χ2v) is 5.56. The van der Waals surface area contributed by atoms with Crippen LogP contribution in [0.2, 0.25) is 0 Å². The summed E-state index contributed by atoms with van der Waals surface area (Å²) in [5, 5.41) is 18.5. The zero-order valence-corrected chi connectivity index (χ0v) is 13.1. The van der Waals surface area contributed by atoms with Gasteiger partial charge in [0.15, 0.2) is 5.16 Å². The van der Waals surface area contributed by atoms with Crippen LogP contribution >= 0.6 is 27.7 Å². The van der Waals surface area contributed by atoms with Gasteiger partial charge in [0.2, 0.25) is 0 Å². The smallest absolute Gasteiger partial charge is 0.336 e. The molecule has 2 rings (SSSR count). The summed E-state index contributed by atoms with van der Waals surface area (Å²) in [6.45, 7) is 0. The predicted molar refractivity (Wildman–Crippen MR) is 81.4 cm³/mol. The van der Waals surface area contributed by atoms with Crippen molar-refractivity contribution in [2.75, 3.05) is 6.26 Å². The molecule has 0 amide bonds. The van der Waals surface area contributed by atoms with E-state index in [1.54, 1.807) is 6.26 Å². The fraction of sp³-hybridized carbons (Fsp3) is 0.0769. The molecule has 0 radical (unpaired) electrons. The fourth-order valence-corrected chi connectivity index (χ4v) is 2.62. The number of carbonyl (C=O) groups is 1. The Morgan fingerprint density at radius 2 is 2.24 bits per heavy atom. The molecule has 0 saturated heterocycles. The molecule has 21 heavy (non-hydrogen) atoms. The van der Waals surface area contributed by atoms with E-state index in [0.717, 1.165) is 0 Å². The molecule has 1 aromatic carbocycles. The number of nitriles is 1. The Balaban J connectivity index is 2.70. The number of carboxylic acids is 1. The van der Waals surface area contributed by atoms with Gasteiger partial charge < -0.3 is 10.1 Å². The Hall–Kier alpha value is -2.11. The van der Waals surface area contributed by atoms with Crippen LogP contribution < -0.4 is 5.56 Å². The maximum absolute atomic E-state index is 11.8. The van der Waals surface area contributed by atoms with Gasteiger partial charge in [0.05, 0.1) is 11.3 Å². The minimum Gasteiger partial charge on any atom is -0.478 e. The third kappa shape index (κ3) is 2.99. The molecule has 0 saturated carbocycles. The van der Waals surface area contributed by atoms with E-state index in [2.05, 4.69) is 25.9 Å². The average molecular weight is 366 g/mol. The molecule has 2 aromatic rings. The van der Waals surface area contributed by atoms with Gasteiger partial charge in [-0.1, -0.05) is 17.8 Å². The van der Waals surface area contributed by atoms with E-state index in [1.807, 2.05) is 6.07 Å². The summed E-state index contributed by atoms with van der Waals surface area (Å²) in [5.74, 6) is -1.07. The monoisotopic (exact) mass is 365 g/mol. The van der Waals surface area contributed by atoms with Crippen molar-refractivity contribution in [1.82, 2.24) is 9.97 Å². The summed E-state index contributed by atoms with van der Waals surface area (Å²) in [7, 11) is 0. The molecule has 6 nitrogen and oxygen atoms in total. The van der Waals surface area contributed by atoms with Crippen molar-refractivity contribution in [3.63, 3.8) is 0 Å². The molecule has 0 aliphatic rings. The molecule has 1 heterocycles. The molecule has 0 fully saturated rings. The number of aromatic nitrogens is 2. The van der Waals surface area contributed by atoms with Gasteiger partial charge in [0.25, 0.3) is 5.56 Å². The topological polar surface area (TPSA) is 107 Å². The van der Waals surface area contributed by atoms with Crippen LogP contribution in [-0.4, -0.2) is 27.3 Å². The number of halogens is 1. The molecule has 8 heteroatoms. The minimum absolute atomic E-state index is 0.0900. The van der Waals surface area contributed by atoms with Crippen molar-refractivity contribution in [2.45, 2.75) is 5.16 Å². The highest BCUT2D eigenvalue weighted by Gasteiger charge is 2.15. The summed E-state index contributed by atoms with van der Waals surface area (Å²) in [4.78, 5) is 29.6. The molecule has 0 unspecified atom stereocenters. The lowest BCUT2D eigenvalue weighted by molar-refractivity contribution is 0.0696. The zero-order chi connectivity index (χ0) is 15.6. The summed E-state index contributed by atoms with van der Waals surface area (Å²) >= 11 is 4.40. The number of aromatic amines is 1. The van der Waals surface area contributed by atoms with E-state index < -0.39 is 11.5 Å². The van der Waals surface area contributed by atoms with Gasteiger partial charge in [-0.05, 0) is 34.3 Å². The number of aromatic carboxylic acids is 1. The molecule has 2 N–H and O–H groups in total. The van der Waals surface area contributed by atoms with Crippen molar-refractivity contribution in [3.05, 3.63) is 44.2 Å². The third-order valence-corrected chi connectivity index (χ3v) is 3.91. The number of benzene rings is 1. The lowest BCUT2D eigenvalue weighted by atomic mass is 10.1. The van der Waals surface area contributed by atoms with Crippen LogP contribution in [0.5, 0.6) is 0 Å². The van der Waals surface area contributed by atoms with Crippen molar-refractivity contribution in [2.24, 2.45) is 0 Å². The normalized spacial score (nSPS) is 10.1. The first kappa shape index (κ1) is 15.3. The number of thioether (sulfide) groups is 1. The van der Waals surface area contributed by atoms with Crippen LogP contribution in [0.25, 0.3) is 11.3 Å². The number of carboxylic acid groups (broad SMARTS) is 1. The molecular weight excluding hydrogens is 358 g/mol. The first-order valence-electron chi connectivity index (χ1n) is 5.59. The number of hydrogen-bond acceptors (Lipinski definition) is 5. The Morgan fingerprint density at radius 3 is 2.76 bits per heavy atom. The maximum atomic E-state index is 11.8. The number of H-pyrrole nitrogens is 1. The van der Waals surface area contributed by atoms with Crippen LogP contribution in [0.1, 0.15) is 15.9 Å². The second-order valence-electron chi connectivity index (χ2n) is 3.91. The van der Waals surface area contributed by atoms with E-state index in [1.165, 1.54) is 30.0 Å². The van der Waals surface area contributed by atoms with Crippen LogP contribution in [0.3, 0.4) is 0 Å². The largest absolute Gasteiger partial charge is 0.478 e. The van der Waals surface area contributed by atoms with Gasteiger partial charge >= 0.3 is 5.97 Å².